The quantitative estimate of drug-likeness (QED) is 0.288. The van der Waals surface area contributed by atoms with Crippen LogP contribution in [0.3, 0.4) is 0 Å². The van der Waals surface area contributed by atoms with Gasteiger partial charge in [0.25, 0.3) is 0 Å². The van der Waals surface area contributed by atoms with E-state index in [4.69, 9.17) is 4.74 Å². The van der Waals surface area contributed by atoms with E-state index in [1.54, 1.807) is 5.56 Å². The van der Waals surface area contributed by atoms with E-state index in [1.807, 2.05) is 0 Å². The normalized spacial score (nSPS) is 24.4. The molecule has 0 unspecified atom stereocenters. The van der Waals surface area contributed by atoms with Gasteiger partial charge in [0.1, 0.15) is 5.75 Å². The van der Waals surface area contributed by atoms with Gasteiger partial charge in [-0.1, -0.05) is 78.6 Å². The average molecular weight is 517 g/mol. The highest BCUT2D eigenvalue weighted by molar-refractivity contribution is 5.70. The summed E-state index contributed by atoms with van der Waals surface area (Å²) in [5.74, 6) is 4.84. The molecule has 0 amide bonds. The lowest BCUT2D eigenvalue weighted by Gasteiger charge is -2.37. The minimum Gasteiger partial charge on any atom is -0.493 e. The smallest absolute Gasteiger partial charge is 0.122 e. The summed E-state index contributed by atoms with van der Waals surface area (Å²) in [6, 6.07) is 14.4. The van der Waals surface area contributed by atoms with Crippen molar-refractivity contribution in [3.05, 3.63) is 53.1 Å². The topological polar surface area (TPSA) is 9.23 Å². The molecule has 210 valence electrons. The van der Waals surface area contributed by atoms with Gasteiger partial charge in [-0.3, -0.25) is 0 Å². The molecule has 2 aromatic carbocycles. The van der Waals surface area contributed by atoms with E-state index in [2.05, 4.69) is 77.9 Å². The predicted molar refractivity (Wildman–Crippen MR) is 165 cm³/mol. The van der Waals surface area contributed by atoms with Crippen LogP contribution in [0.15, 0.2) is 36.4 Å². The molecule has 0 heterocycles. The second kappa shape index (κ2) is 13.5. The minimum absolute atomic E-state index is 0.292. The molecular formula is C37H56O. The van der Waals surface area contributed by atoms with E-state index < -0.39 is 0 Å². The average Bonchev–Trinajstić information content (AvgIpc) is 2.98. The maximum absolute atomic E-state index is 6.56. The lowest BCUT2D eigenvalue weighted by molar-refractivity contribution is 0.127. The SMILES string of the molecule is CCc1cc(-c2ccc(C3CCC(C4CCC(C)CC4)CC3)cc2)c(CC)cc1OCC(CC)(CC)CC. The molecule has 0 aliphatic heterocycles. The third-order valence-corrected chi connectivity index (χ3v) is 11.0. The van der Waals surface area contributed by atoms with Crippen LogP contribution in [0.2, 0.25) is 0 Å². The zero-order chi connectivity index (χ0) is 27.1. The van der Waals surface area contributed by atoms with E-state index in [0.29, 0.717) is 5.41 Å². The molecule has 2 fully saturated rings. The van der Waals surface area contributed by atoms with Gasteiger partial charge in [0.2, 0.25) is 0 Å². The molecule has 2 saturated carbocycles. The van der Waals surface area contributed by atoms with Crippen molar-refractivity contribution in [1.82, 2.24) is 0 Å². The zero-order valence-corrected chi connectivity index (χ0v) is 25.6. The molecule has 0 aromatic heterocycles. The third-order valence-electron chi connectivity index (χ3n) is 11.0. The molecule has 1 nitrogen and oxygen atoms in total. The Morgan fingerprint density at radius 3 is 1.76 bits per heavy atom. The van der Waals surface area contributed by atoms with Crippen molar-refractivity contribution in [2.45, 2.75) is 131 Å². The van der Waals surface area contributed by atoms with Gasteiger partial charge in [-0.05, 0) is 134 Å². The number of aryl methyl sites for hydroxylation is 2. The van der Waals surface area contributed by atoms with Crippen molar-refractivity contribution >= 4 is 0 Å². The summed E-state index contributed by atoms with van der Waals surface area (Å²) >= 11 is 0. The van der Waals surface area contributed by atoms with Crippen molar-refractivity contribution in [3.8, 4) is 16.9 Å². The Bertz CT molecular complexity index is 974. The summed E-state index contributed by atoms with van der Waals surface area (Å²) in [7, 11) is 0. The molecule has 0 atom stereocenters. The molecule has 0 bridgehead atoms. The Labute approximate surface area is 235 Å². The first-order chi connectivity index (χ1) is 18.5. The zero-order valence-electron chi connectivity index (χ0n) is 25.6. The van der Waals surface area contributed by atoms with E-state index in [9.17, 15) is 0 Å². The van der Waals surface area contributed by atoms with Gasteiger partial charge in [0, 0.05) is 5.41 Å². The van der Waals surface area contributed by atoms with Gasteiger partial charge in [-0.25, -0.2) is 0 Å². The van der Waals surface area contributed by atoms with Crippen molar-refractivity contribution < 1.29 is 4.74 Å². The van der Waals surface area contributed by atoms with Gasteiger partial charge < -0.3 is 4.74 Å². The summed E-state index contributed by atoms with van der Waals surface area (Å²) < 4.78 is 6.56. The van der Waals surface area contributed by atoms with Crippen molar-refractivity contribution in [2.75, 3.05) is 6.61 Å². The Kier molecular flexibility index (Phi) is 10.4. The number of hydrogen-bond donors (Lipinski definition) is 0. The Hall–Kier alpha value is -1.76. The summed E-state index contributed by atoms with van der Waals surface area (Å²) in [6.45, 7) is 14.7. The van der Waals surface area contributed by atoms with E-state index in [0.717, 1.165) is 48.9 Å². The summed E-state index contributed by atoms with van der Waals surface area (Å²) in [5.41, 5.74) is 7.36. The fraction of sp³-hybridized carbons (Fsp3) is 0.676. The van der Waals surface area contributed by atoms with Crippen LogP contribution in [0.1, 0.15) is 135 Å². The Morgan fingerprint density at radius 2 is 1.24 bits per heavy atom. The van der Waals surface area contributed by atoms with Crippen molar-refractivity contribution in [1.29, 1.82) is 0 Å². The van der Waals surface area contributed by atoms with Gasteiger partial charge in [-0.2, -0.15) is 0 Å². The third kappa shape index (κ3) is 6.68. The van der Waals surface area contributed by atoms with Crippen LogP contribution >= 0.6 is 0 Å². The molecule has 0 saturated heterocycles. The van der Waals surface area contributed by atoms with Crippen molar-refractivity contribution in [3.63, 3.8) is 0 Å². The molecule has 38 heavy (non-hydrogen) atoms. The van der Waals surface area contributed by atoms with Gasteiger partial charge >= 0.3 is 0 Å². The fourth-order valence-electron chi connectivity index (χ4n) is 7.54. The highest BCUT2D eigenvalue weighted by atomic mass is 16.5. The van der Waals surface area contributed by atoms with E-state index in [1.165, 1.54) is 92.9 Å². The van der Waals surface area contributed by atoms with Crippen LogP contribution in [0.25, 0.3) is 11.1 Å². The first-order valence-corrected chi connectivity index (χ1v) is 16.3. The Morgan fingerprint density at radius 1 is 0.684 bits per heavy atom. The van der Waals surface area contributed by atoms with E-state index >= 15 is 0 Å². The second-order valence-corrected chi connectivity index (χ2v) is 12.9. The summed E-state index contributed by atoms with van der Waals surface area (Å²) in [6.07, 6.45) is 17.1. The maximum atomic E-state index is 6.56. The predicted octanol–water partition coefficient (Wildman–Crippen LogP) is 11.2. The minimum atomic E-state index is 0.292. The maximum Gasteiger partial charge on any atom is 0.122 e. The highest BCUT2D eigenvalue weighted by Crippen LogP contribution is 2.44. The van der Waals surface area contributed by atoms with Crippen LogP contribution in [0, 0.1) is 23.2 Å². The lowest BCUT2D eigenvalue weighted by Crippen LogP contribution is -2.26. The first kappa shape index (κ1) is 29.2. The van der Waals surface area contributed by atoms with Crippen LogP contribution < -0.4 is 4.74 Å². The van der Waals surface area contributed by atoms with Gasteiger partial charge in [0.15, 0.2) is 0 Å². The number of rotatable bonds is 11. The molecular weight excluding hydrogens is 460 g/mol. The molecule has 0 radical (unpaired) electrons. The van der Waals surface area contributed by atoms with Crippen molar-refractivity contribution in [2.24, 2.45) is 23.2 Å². The first-order valence-electron chi connectivity index (χ1n) is 16.3. The molecule has 0 spiro atoms. The Balaban J connectivity index is 1.44. The van der Waals surface area contributed by atoms with Crippen LogP contribution in [0.5, 0.6) is 5.75 Å². The molecule has 0 N–H and O–H groups in total. The highest BCUT2D eigenvalue weighted by Gasteiger charge is 2.30. The van der Waals surface area contributed by atoms with Crippen LogP contribution in [0.4, 0.5) is 0 Å². The number of benzene rings is 2. The van der Waals surface area contributed by atoms with Gasteiger partial charge in [0.05, 0.1) is 6.61 Å². The van der Waals surface area contributed by atoms with Crippen LogP contribution in [-0.2, 0) is 12.8 Å². The summed E-state index contributed by atoms with van der Waals surface area (Å²) in [4.78, 5) is 0. The number of hydrogen-bond acceptors (Lipinski definition) is 1. The lowest BCUT2D eigenvalue weighted by atomic mass is 9.68. The molecule has 2 aliphatic carbocycles. The second-order valence-electron chi connectivity index (χ2n) is 12.9. The molecule has 2 aliphatic rings. The fourth-order valence-corrected chi connectivity index (χ4v) is 7.54. The van der Waals surface area contributed by atoms with E-state index in [-0.39, 0.29) is 0 Å². The monoisotopic (exact) mass is 516 g/mol. The molecule has 4 rings (SSSR count). The molecule has 1 heteroatoms. The summed E-state index contributed by atoms with van der Waals surface area (Å²) in [5, 5.41) is 0. The van der Waals surface area contributed by atoms with Gasteiger partial charge in [-0.15, -0.1) is 0 Å². The standard InChI is InChI=1S/C37H56O/c1-7-28-25-36(38-26-37(9-3,10-4)11-5)29(8-2)24-35(28)34-22-20-33(21-23-34)32-18-16-31(17-19-32)30-14-12-27(6)13-15-30/h20-25,27,30-32H,7-19,26H2,1-6H3. The number of ether oxygens (including phenoxy) is 1. The largest absolute Gasteiger partial charge is 0.493 e. The molecule has 2 aromatic rings. The van der Waals surface area contributed by atoms with Crippen LogP contribution in [-0.4, -0.2) is 6.61 Å².